The van der Waals surface area contributed by atoms with E-state index < -0.39 is 11.6 Å². The zero-order valence-corrected chi connectivity index (χ0v) is 19.0. The summed E-state index contributed by atoms with van der Waals surface area (Å²) in [6.07, 6.45) is 0. The van der Waals surface area contributed by atoms with E-state index in [2.05, 4.69) is 15.5 Å². The van der Waals surface area contributed by atoms with Gasteiger partial charge in [0.1, 0.15) is 11.6 Å². The molecule has 9 nitrogen and oxygen atoms in total. The number of hydrogen-bond donors (Lipinski definition) is 2. The highest BCUT2D eigenvalue weighted by molar-refractivity contribution is 7.99. The van der Waals surface area contributed by atoms with E-state index in [4.69, 9.17) is 5.84 Å². The molecule has 4 rings (SSSR count). The molecule has 0 unspecified atom stereocenters. The van der Waals surface area contributed by atoms with Crippen molar-refractivity contribution in [1.29, 1.82) is 0 Å². The van der Waals surface area contributed by atoms with Crippen molar-refractivity contribution in [2.75, 3.05) is 49.6 Å². The topological polar surface area (TPSA) is 109 Å². The first-order chi connectivity index (χ1) is 16.4. The van der Waals surface area contributed by atoms with Gasteiger partial charge in [-0.05, 0) is 30.3 Å². The van der Waals surface area contributed by atoms with Crippen molar-refractivity contribution in [3.8, 4) is 11.4 Å². The Morgan fingerprint density at radius 2 is 1.79 bits per heavy atom. The van der Waals surface area contributed by atoms with Crippen LogP contribution in [0, 0.1) is 11.6 Å². The van der Waals surface area contributed by atoms with Gasteiger partial charge in [-0.15, -0.1) is 10.2 Å². The van der Waals surface area contributed by atoms with Crippen LogP contribution in [-0.4, -0.2) is 75.0 Å². The van der Waals surface area contributed by atoms with Crippen LogP contribution in [0.1, 0.15) is 0 Å². The number of nitrogens with zero attached hydrogens (tertiary/aromatic N) is 5. The number of rotatable bonds is 7. The molecule has 34 heavy (non-hydrogen) atoms. The van der Waals surface area contributed by atoms with Crippen molar-refractivity contribution >= 4 is 29.3 Å². The average molecular weight is 488 g/mol. The number of thioether (sulfide) groups is 1. The first kappa shape index (κ1) is 23.6. The third-order valence-corrected chi connectivity index (χ3v) is 6.23. The third kappa shape index (κ3) is 5.69. The van der Waals surface area contributed by atoms with Gasteiger partial charge in [0, 0.05) is 31.9 Å². The molecule has 3 N–H and O–H groups in total. The predicted octanol–water partition coefficient (Wildman–Crippen LogP) is 1.81. The second-order valence-corrected chi connectivity index (χ2v) is 8.60. The molecule has 1 aliphatic rings. The number of benzene rings is 2. The van der Waals surface area contributed by atoms with Gasteiger partial charge in [0.2, 0.25) is 17.0 Å². The van der Waals surface area contributed by atoms with E-state index in [-0.39, 0.29) is 35.5 Å². The Hall–Kier alpha value is -3.51. The molecule has 2 heterocycles. The molecular formula is C22H23F2N7O2S. The van der Waals surface area contributed by atoms with Gasteiger partial charge in [-0.25, -0.2) is 13.5 Å². The lowest BCUT2D eigenvalue weighted by Gasteiger charge is -2.34. The zero-order valence-electron chi connectivity index (χ0n) is 18.2. The summed E-state index contributed by atoms with van der Waals surface area (Å²) in [6.45, 7) is 2.18. The average Bonchev–Trinajstić information content (AvgIpc) is 3.18. The fourth-order valence-corrected chi connectivity index (χ4v) is 4.30. The summed E-state index contributed by atoms with van der Waals surface area (Å²) in [5, 5.41) is 10.9. The molecule has 12 heteroatoms. The quantitative estimate of drug-likeness (QED) is 0.386. The molecule has 2 aromatic carbocycles. The van der Waals surface area contributed by atoms with Crippen LogP contribution in [0.4, 0.5) is 14.5 Å². The fraction of sp³-hybridized carbons (Fsp3) is 0.273. The minimum absolute atomic E-state index is 0.0932. The molecule has 0 bridgehead atoms. The number of aromatic nitrogens is 3. The second-order valence-electron chi connectivity index (χ2n) is 7.66. The molecule has 1 aromatic heterocycles. The van der Waals surface area contributed by atoms with E-state index in [0.29, 0.717) is 37.0 Å². The zero-order chi connectivity index (χ0) is 24.1. The van der Waals surface area contributed by atoms with Gasteiger partial charge in [0.25, 0.3) is 0 Å². The van der Waals surface area contributed by atoms with Crippen LogP contribution in [0.3, 0.4) is 0 Å². The molecule has 1 aliphatic heterocycles. The van der Waals surface area contributed by atoms with Gasteiger partial charge < -0.3 is 16.1 Å². The normalized spacial score (nSPS) is 14.2. The van der Waals surface area contributed by atoms with Gasteiger partial charge in [-0.1, -0.05) is 30.0 Å². The number of carbonyl (C=O) groups excluding carboxylic acids is 2. The number of anilines is 1. The van der Waals surface area contributed by atoms with Crippen molar-refractivity contribution in [2.24, 2.45) is 0 Å². The number of halogens is 2. The highest BCUT2D eigenvalue weighted by Crippen LogP contribution is 2.24. The lowest BCUT2D eigenvalue weighted by molar-refractivity contribution is -0.130. The molecule has 178 valence electrons. The maximum Gasteiger partial charge on any atom is 0.238 e. The van der Waals surface area contributed by atoms with Crippen LogP contribution in [0.15, 0.2) is 53.7 Å². The number of amides is 2. The van der Waals surface area contributed by atoms with Gasteiger partial charge in [0.15, 0.2) is 5.82 Å². The molecule has 3 aromatic rings. The van der Waals surface area contributed by atoms with E-state index in [0.717, 1.165) is 11.8 Å². The van der Waals surface area contributed by atoms with Crippen molar-refractivity contribution in [2.45, 2.75) is 5.16 Å². The lowest BCUT2D eigenvalue weighted by atomic mass is 10.2. The summed E-state index contributed by atoms with van der Waals surface area (Å²) in [5.41, 5.74) is 0.634. The van der Waals surface area contributed by atoms with E-state index in [1.165, 1.54) is 28.9 Å². The van der Waals surface area contributed by atoms with Crippen molar-refractivity contribution in [1.82, 2.24) is 24.7 Å². The second kappa shape index (κ2) is 10.6. The summed E-state index contributed by atoms with van der Waals surface area (Å²) in [6, 6.07) is 11.8. The Labute approximate surface area is 198 Å². The summed E-state index contributed by atoms with van der Waals surface area (Å²) in [4.78, 5) is 28.5. The Morgan fingerprint density at radius 1 is 1.03 bits per heavy atom. The molecule has 0 aliphatic carbocycles. The van der Waals surface area contributed by atoms with Crippen LogP contribution in [-0.2, 0) is 9.59 Å². The lowest BCUT2D eigenvalue weighted by Crippen LogP contribution is -2.50. The standard InChI is InChI=1S/C22H23F2N7O2S/c23-15-4-3-5-16(12-15)26-19(32)13-29-8-10-30(11-9-29)20(33)14-34-22-28-27-21(31(22)25)17-6-1-2-7-18(17)24/h1-7,12H,8-11,13-14,25H2,(H,26,32). The van der Waals surface area contributed by atoms with Crippen molar-refractivity contribution in [3.63, 3.8) is 0 Å². The fourth-order valence-electron chi connectivity index (χ4n) is 3.54. The minimum Gasteiger partial charge on any atom is -0.339 e. The maximum atomic E-state index is 14.0. The van der Waals surface area contributed by atoms with Gasteiger partial charge in [-0.3, -0.25) is 14.5 Å². The van der Waals surface area contributed by atoms with E-state index in [1.807, 2.05) is 4.90 Å². The number of nitrogens with one attached hydrogen (secondary N) is 1. The SMILES string of the molecule is Nn1c(SCC(=O)N2CCN(CC(=O)Nc3cccc(F)c3)CC2)nnc1-c1ccccc1F. The van der Waals surface area contributed by atoms with Crippen molar-refractivity contribution in [3.05, 3.63) is 60.2 Å². The highest BCUT2D eigenvalue weighted by Gasteiger charge is 2.23. The summed E-state index contributed by atoms with van der Waals surface area (Å²) >= 11 is 1.13. The summed E-state index contributed by atoms with van der Waals surface area (Å²) in [7, 11) is 0. The number of nitrogens with two attached hydrogens (primary N) is 1. The Balaban J connectivity index is 1.24. The highest BCUT2D eigenvalue weighted by atomic mass is 32.2. The number of carbonyl (C=O) groups is 2. The predicted molar refractivity (Wildman–Crippen MR) is 124 cm³/mol. The van der Waals surface area contributed by atoms with E-state index in [1.54, 1.807) is 29.2 Å². The smallest absolute Gasteiger partial charge is 0.238 e. The number of nitrogen functional groups attached to an aromatic ring is 1. The van der Waals surface area contributed by atoms with Crippen LogP contribution < -0.4 is 11.2 Å². The van der Waals surface area contributed by atoms with E-state index >= 15 is 0 Å². The summed E-state index contributed by atoms with van der Waals surface area (Å²) < 4.78 is 28.4. The van der Waals surface area contributed by atoms with Gasteiger partial charge in [-0.2, -0.15) is 0 Å². The number of piperazine rings is 1. The Morgan fingerprint density at radius 3 is 2.53 bits per heavy atom. The summed E-state index contributed by atoms with van der Waals surface area (Å²) in [5.74, 6) is 5.08. The van der Waals surface area contributed by atoms with E-state index in [9.17, 15) is 18.4 Å². The Kier molecular flexibility index (Phi) is 7.38. The number of hydrogen-bond acceptors (Lipinski definition) is 7. The van der Waals surface area contributed by atoms with Crippen LogP contribution in [0.2, 0.25) is 0 Å². The minimum atomic E-state index is -0.461. The molecule has 0 radical (unpaired) electrons. The Bertz CT molecular complexity index is 1180. The van der Waals surface area contributed by atoms with Crippen LogP contribution in [0.5, 0.6) is 0 Å². The molecule has 1 fully saturated rings. The molecule has 2 amide bonds. The molecule has 1 saturated heterocycles. The van der Waals surface area contributed by atoms with Crippen LogP contribution >= 0.6 is 11.8 Å². The molecule has 0 atom stereocenters. The molecule has 0 saturated carbocycles. The van der Waals surface area contributed by atoms with Crippen LogP contribution in [0.25, 0.3) is 11.4 Å². The molecular weight excluding hydrogens is 464 g/mol. The van der Waals surface area contributed by atoms with Crippen molar-refractivity contribution < 1.29 is 18.4 Å². The molecule has 0 spiro atoms. The van der Waals surface area contributed by atoms with Gasteiger partial charge >= 0.3 is 0 Å². The maximum absolute atomic E-state index is 14.0. The largest absolute Gasteiger partial charge is 0.339 e. The van der Waals surface area contributed by atoms with Gasteiger partial charge in [0.05, 0.1) is 17.9 Å². The first-order valence-corrected chi connectivity index (χ1v) is 11.5. The monoisotopic (exact) mass is 487 g/mol. The third-order valence-electron chi connectivity index (χ3n) is 5.30. The first-order valence-electron chi connectivity index (χ1n) is 10.5.